The number of aromatic nitrogens is 6. The van der Waals surface area contributed by atoms with E-state index in [0.29, 0.717) is 0 Å². The summed E-state index contributed by atoms with van der Waals surface area (Å²) in [6.07, 6.45) is 7.80. The minimum absolute atomic E-state index is 0. The van der Waals surface area contributed by atoms with Crippen molar-refractivity contribution in [2.75, 3.05) is 0 Å². The summed E-state index contributed by atoms with van der Waals surface area (Å²) in [5, 5.41) is 26.0. The number of pyridine rings is 4. The summed E-state index contributed by atoms with van der Waals surface area (Å²) in [5.41, 5.74) is 18.3. The number of nitrogens with zero attached hydrogens (tertiary/aromatic N) is 6. The van der Waals surface area contributed by atoms with Crippen molar-refractivity contribution in [2.24, 2.45) is 0 Å². The first kappa shape index (κ1) is 95.2. The molecule has 0 bridgehead atoms. The van der Waals surface area contributed by atoms with E-state index in [2.05, 4.69) is 190 Å². The molecule has 0 aliphatic heterocycles. The van der Waals surface area contributed by atoms with Gasteiger partial charge in [-0.3, -0.25) is 36.1 Å². The third-order valence-corrected chi connectivity index (χ3v) is 17.3. The number of allylic oxidation sites excluding steroid dienone is 7. The number of fused-ring (bicyclic) bond motifs is 10. The average molecular weight is 2410 g/mol. The summed E-state index contributed by atoms with van der Waals surface area (Å²) in [4.78, 5) is 48.8. The van der Waals surface area contributed by atoms with Gasteiger partial charge in [0.15, 0.2) is 11.6 Å². The zero-order valence-electron chi connectivity index (χ0n) is 64.3. The fraction of sp³-hybridized carbons (Fsp3) is 0.0808. The summed E-state index contributed by atoms with van der Waals surface area (Å²) in [6, 6.07) is 112. The van der Waals surface area contributed by atoms with Crippen LogP contribution in [0.1, 0.15) is 52.8 Å². The Morgan fingerprint density at radius 1 is 0.435 bits per heavy atom. The quantitative estimate of drug-likeness (QED) is 0.0494. The zero-order valence-corrected chi connectivity index (χ0v) is 77.1. The Bertz CT molecular complexity index is 5830. The van der Waals surface area contributed by atoms with E-state index in [4.69, 9.17) is 21.8 Å². The van der Waals surface area contributed by atoms with Crippen LogP contribution in [0, 0.1) is 57.7 Å². The zero-order chi connectivity index (χ0) is 77.7. The molecule has 0 saturated heterocycles. The molecule has 17 rings (SSSR count). The number of hydrogen-bond donors (Lipinski definition) is 2. The summed E-state index contributed by atoms with van der Waals surface area (Å²) in [7, 11) is 0. The Kier molecular flexibility index (Phi) is 40.4. The van der Waals surface area contributed by atoms with Crippen LogP contribution in [0.5, 0.6) is 0 Å². The number of carbonyl (C=O) groups excluding carboxylic acids is 2. The molecular formula is C99H81Ir5N6O4S-4. The molecule has 0 fully saturated rings. The van der Waals surface area contributed by atoms with Crippen LogP contribution in [0.4, 0.5) is 0 Å². The average Bonchev–Trinajstić information content (AvgIpc) is 1.17. The molecule has 11 aromatic carbocycles. The third kappa shape index (κ3) is 28.8. The molecule has 0 aliphatic rings. The van der Waals surface area contributed by atoms with Crippen molar-refractivity contribution in [3.05, 3.63) is 393 Å². The van der Waals surface area contributed by atoms with E-state index < -0.39 is 0 Å². The Morgan fingerprint density at radius 2 is 0.939 bits per heavy atom. The van der Waals surface area contributed by atoms with Gasteiger partial charge in [0.05, 0.1) is 39.3 Å². The maximum Gasteiger partial charge on any atom is 3.00 e. The molecule has 0 aliphatic carbocycles. The van der Waals surface area contributed by atoms with Gasteiger partial charge in [0, 0.05) is 116 Å². The number of carbonyl (C=O) groups is 2. The molecular weight excluding hydrogens is 2330 g/mol. The second kappa shape index (κ2) is 48.8. The molecule has 16 heteroatoms. The first-order chi connectivity index (χ1) is 53.3. The normalized spacial score (nSPS) is 10.5. The van der Waals surface area contributed by atoms with Gasteiger partial charge in [0.2, 0.25) is 0 Å². The fourth-order valence-corrected chi connectivity index (χ4v) is 12.6. The largest absolute Gasteiger partial charge is 3.00 e. The minimum atomic E-state index is -0.125. The Labute approximate surface area is 745 Å². The van der Waals surface area contributed by atoms with E-state index in [-0.39, 0.29) is 124 Å². The number of thiophene rings is 1. The van der Waals surface area contributed by atoms with Crippen LogP contribution in [-0.4, -0.2) is 51.7 Å². The predicted octanol–water partition coefficient (Wildman–Crippen LogP) is 25.1. The number of aliphatic hydroxyl groups excluding tert-OH is 2. The molecule has 10 nitrogen and oxygen atoms in total. The number of benzene rings is 11. The second-order valence-corrected chi connectivity index (χ2v) is 26.6. The van der Waals surface area contributed by atoms with E-state index >= 15 is 0 Å². The van der Waals surface area contributed by atoms with Crippen molar-refractivity contribution in [3.8, 4) is 55.5 Å². The van der Waals surface area contributed by atoms with Crippen LogP contribution in [0.25, 0.3) is 131 Å². The first-order valence-corrected chi connectivity index (χ1v) is 36.4. The molecule has 0 amide bonds. The van der Waals surface area contributed by atoms with E-state index in [0.717, 1.165) is 99.5 Å². The van der Waals surface area contributed by atoms with E-state index in [1.54, 1.807) is 11.3 Å². The monoisotopic (exact) mass is 2410 g/mol. The molecule has 2 N–H and O–H groups in total. The molecule has 0 saturated carbocycles. The predicted molar refractivity (Wildman–Crippen MR) is 457 cm³/mol. The maximum atomic E-state index is 10.0. The molecule has 0 unspecified atom stereocenters. The van der Waals surface area contributed by atoms with Gasteiger partial charge in [0.25, 0.3) is 0 Å². The van der Waals surface area contributed by atoms with Gasteiger partial charge < -0.3 is 20.2 Å². The molecule has 6 aromatic heterocycles. The molecule has 115 heavy (non-hydrogen) atoms. The van der Waals surface area contributed by atoms with Crippen molar-refractivity contribution in [1.29, 1.82) is 0 Å². The van der Waals surface area contributed by atoms with Gasteiger partial charge >= 0.3 is 20.1 Å². The SMILES string of the molecule is CC(=O)C=C(C)O.CC(=O)C=C(C)O.Cc1cc2ccccc2nc1-c1[c-]ccc(-c2ccccc2)c1.Cc1cnc2c3[c-]cccc3c3ccccc3c2n1.[CH-]=C(C)C=C([CH2-])C.[Ir+3].[Ir].[Ir].[Ir].[Ir].[c-]1c(-c2ccccn2)sc2ccccc12.[c-]1ccccc1-c1ccc2ccccc2n1.[c-]1ccccc1-c1ccc2ccccc2n1. The van der Waals surface area contributed by atoms with Crippen LogP contribution in [0.3, 0.4) is 0 Å². The summed E-state index contributed by atoms with van der Waals surface area (Å²) >= 11 is 1.73. The summed E-state index contributed by atoms with van der Waals surface area (Å²) in [5.74, 6) is -0.125. The van der Waals surface area contributed by atoms with Crippen molar-refractivity contribution < 1.29 is 120 Å². The molecule has 0 spiro atoms. The van der Waals surface area contributed by atoms with E-state index in [1.165, 1.54) is 93.6 Å². The molecule has 0 atom stereocenters. The van der Waals surface area contributed by atoms with Crippen molar-refractivity contribution in [1.82, 2.24) is 29.9 Å². The Hall–Kier alpha value is -10.4. The smallest absolute Gasteiger partial charge is 0.512 e. The standard InChI is InChI=1S/C22H16N.C17H11N2.2C15H10N.C13H8NS.C7H10.2C5H8O2.5Ir/c1-16-14-19-10-5-6-13-21(19)23-22(16)20-12-7-11-18(15-20)17-8-3-2-4-9-17;1-11-10-18-16-14-8-4-2-6-12(14)13-7-3-5-9-15(13)17(16)19-11;2*1-2-6-12(7-3-1)15-11-10-13-8-4-5-9-14(13)16-15;1-2-7-12-10(5-1)9-13(15-12)11-6-3-4-8-14-11;1-6(2)5-7(3)4;2*1-4(6)3-5(2)7;;;;;/h2-11,13-15H,1H3;2-7,9-10H,1H3;2*1-6,8-11H;1-8H;1,5H,3H2,2,4H3;2*3,6H,1-2H3;;;;;/q5*-1;-2;;;;;;;+3. The number of aryl methyl sites for hydroxylation is 2. The number of para-hydroxylation sites is 3. The number of hydrogen-bond acceptors (Lipinski definition) is 11. The van der Waals surface area contributed by atoms with Gasteiger partial charge in [0.1, 0.15) is 0 Å². The molecule has 4 radical (unpaired) electrons. The first-order valence-electron chi connectivity index (χ1n) is 35.6. The van der Waals surface area contributed by atoms with E-state index in [9.17, 15) is 9.59 Å². The van der Waals surface area contributed by atoms with Crippen LogP contribution < -0.4 is 0 Å². The van der Waals surface area contributed by atoms with Crippen LogP contribution in [-0.2, 0) is 110 Å². The molecule has 586 valence electrons. The van der Waals surface area contributed by atoms with Gasteiger partial charge in [-0.05, 0) is 120 Å². The Balaban J connectivity index is 0.000000240. The van der Waals surface area contributed by atoms with E-state index in [1.807, 2.05) is 203 Å². The summed E-state index contributed by atoms with van der Waals surface area (Å²) < 4.78 is 1.26. The Morgan fingerprint density at radius 3 is 1.46 bits per heavy atom. The van der Waals surface area contributed by atoms with Gasteiger partial charge in [-0.25, -0.2) is 35.5 Å². The van der Waals surface area contributed by atoms with Gasteiger partial charge in [-0.2, -0.15) is 0 Å². The van der Waals surface area contributed by atoms with Crippen molar-refractivity contribution in [2.45, 2.75) is 55.4 Å². The van der Waals surface area contributed by atoms with Gasteiger partial charge in [-0.1, -0.05) is 194 Å². The van der Waals surface area contributed by atoms with Crippen LogP contribution >= 0.6 is 11.3 Å². The van der Waals surface area contributed by atoms with Crippen LogP contribution in [0.2, 0.25) is 0 Å². The van der Waals surface area contributed by atoms with Gasteiger partial charge in [-0.15, -0.1) is 160 Å². The van der Waals surface area contributed by atoms with Crippen molar-refractivity contribution in [3.63, 3.8) is 0 Å². The molecule has 6 heterocycles. The maximum absolute atomic E-state index is 10.0. The minimum Gasteiger partial charge on any atom is -0.512 e. The number of ketones is 2. The molecule has 17 aromatic rings. The topological polar surface area (TPSA) is 152 Å². The summed E-state index contributed by atoms with van der Waals surface area (Å²) in [6.45, 7) is 22.5. The number of rotatable bonds is 8. The second-order valence-electron chi connectivity index (χ2n) is 25.5. The van der Waals surface area contributed by atoms with Crippen LogP contribution in [0.15, 0.2) is 338 Å². The third-order valence-electron chi connectivity index (χ3n) is 16.2. The van der Waals surface area contributed by atoms with Crippen molar-refractivity contribution >= 4 is 98.3 Å². The fourth-order valence-electron chi connectivity index (χ4n) is 11.6. The number of aliphatic hydroxyl groups is 2.